The highest BCUT2D eigenvalue weighted by molar-refractivity contribution is 5.92. The van der Waals surface area contributed by atoms with Crippen LogP contribution in [0.5, 0.6) is 0 Å². The molecule has 1 amide bonds. The van der Waals surface area contributed by atoms with Gasteiger partial charge in [-0.2, -0.15) is 5.10 Å². The van der Waals surface area contributed by atoms with Crippen molar-refractivity contribution in [3.8, 4) is 0 Å². The van der Waals surface area contributed by atoms with Crippen molar-refractivity contribution in [3.63, 3.8) is 0 Å². The van der Waals surface area contributed by atoms with E-state index in [0.717, 1.165) is 19.4 Å². The van der Waals surface area contributed by atoms with Crippen molar-refractivity contribution in [2.24, 2.45) is 0 Å². The van der Waals surface area contributed by atoms with E-state index in [2.05, 4.69) is 10.4 Å². The molecule has 2 atom stereocenters. The van der Waals surface area contributed by atoms with Crippen LogP contribution < -0.4 is 5.32 Å². The number of nitrogens with zero attached hydrogens (tertiary/aromatic N) is 2. The third kappa shape index (κ3) is 2.66. The minimum absolute atomic E-state index is 0.0465. The van der Waals surface area contributed by atoms with Gasteiger partial charge in [-0.1, -0.05) is 0 Å². The van der Waals surface area contributed by atoms with Gasteiger partial charge in [-0.3, -0.25) is 9.48 Å². The van der Waals surface area contributed by atoms with Crippen LogP contribution in [-0.4, -0.2) is 34.4 Å². The third-order valence-corrected chi connectivity index (χ3v) is 3.13. The van der Waals surface area contributed by atoms with E-state index < -0.39 is 0 Å². The molecule has 1 saturated heterocycles. The molecule has 0 saturated carbocycles. The van der Waals surface area contributed by atoms with Gasteiger partial charge < -0.3 is 10.1 Å². The lowest BCUT2D eigenvalue weighted by atomic mass is 10.1. The van der Waals surface area contributed by atoms with E-state index in [4.69, 9.17) is 4.74 Å². The maximum absolute atomic E-state index is 12.0. The number of carbonyl (C=O) groups excluding carboxylic acids is 1. The first kappa shape index (κ1) is 12.1. The van der Waals surface area contributed by atoms with Crippen LogP contribution in [0.4, 0.5) is 0 Å². The molecule has 94 valence electrons. The number of rotatable bonds is 4. The number of aryl methyl sites for hydroxylation is 1. The smallest absolute Gasteiger partial charge is 0.269 e. The molecular formula is C12H19N3O2. The molecule has 0 aliphatic carbocycles. The predicted molar refractivity (Wildman–Crippen MR) is 63.8 cm³/mol. The zero-order valence-electron chi connectivity index (χ0n) is 10.3. The second-order valence-electron chi connectivity index (χ2n) is 4.35. The molecular weight excluding hydrogens is 218 g/mol. The lowest BCUT2D eigenvalue weighted by Gasteiger charge is -2.20. The molecule has 1 fully saturated rings. The minimum atomic E-state index is -0.0765. The first-order valence-corrected chi connectivity index (χ1v) is 6.16. The van der Waals surface area contributed by atoms with Crippen LogP contribution in [0.3, 0.4) is 0 Å². The summed E-state index contributed by atoms with van der Waals surface area (Å²) in [5, 5.41) is 7.06. The minimum Gasteiger partial charge on any atom is -0.376 e. The standard InChI is InChI=1S/C12H19N3O2/c1-3-15-10(6-7-13-15)12(16)14-9(2)11-5-4-8-17-11/h6-7,9,11H,3-5,8H2,1-2H3,(H,14,16)/t9-,11-/m0/s1. The van der Waals surface area contributed by atoms with Crippen LogP contribution in [0.2, 0.25) is 0 Å². The van der Waals surface area contributed by atoms with Gasteiger partial charge in [0.2, 0.25) is 0 Å². The number of amides is 1. The molecule has 2 rings (SSSR count). The molecule has 5 heteroatoms. The van der Waals surface area contributed by atoms with Crippen molar-refractivity contribution in [1.82, 2.24) is 15.1 Å². The quantitative estimate of drug-likeness (QED) is 0.856. The second kappa shape index (κ2) is 5.31. The molecule has 17 heavy (non-hydrogen) atoms. The van der Waals surface area contributed by atoms with Crippen LogP contribution in [0, 0.1) is 0 Å². The Morgan fingerprint density at radius 2 is 2.59 bits per heavy atom. The topological polar surface area (TPSA) is 56.2 Å². The molecule has 0 bridgehead atoms. The molecule has 1 N–H and O–H groups in total. The van der Waals surface area contributed by atoms with E-state index >= 15 is 0 Å². The van der Waals surface area contributed by atoms with E-state index in [0.29, 0.717) is 12.2 Å². The Balaban J connectivity index is 1.96. The maximum atomic E-state index is 12.0. The van der Waals surface area contributed by atoms with Gasteiger partial charge in [0.15, 0.2) is 0 Å². The van der Waals surface area contributed by atoms with Crippen molar-refractivity contribution in [2.75, 3.05) is 6.61 Å². The van der Waals surface area contributed by atoms with E-state index in [1.807, 2.05) is 13.8 Å². The van der Waals surface area contributed by atoms with E-state index in [9.17, 15) is 4.79 Å². The van der Waals surface area contributed by atoms with Gasteiger partial charge in [0, 0.05) is 19.3 Å². The number of aromatic nitrogens is 2. The maximum Gasteiger partial charge on any atom is 0.269 e. The predicted octanol–water partition coefficient (Wildman–Crippen LogP) is 1.20. The number of nitrogens with one attached hydrogen (secondary N) is 1. The highest BCUT2D eigenvalue weighted by Crippen LogP contribution is 2.15. The van der Waals surface area contributed by atoms with Gasteiger partial charge in [-0.05, 0) is 32.8 Å². The monoisotopic (exact) mass is 237 g/mol. The molecule has 1 aliphatic heterocycles. The molecule has 5 nitrogen and oxygen atoms in total. The fraction of sp³-hybridized carbons (Fsp3) is 0.667. The fourth-order valence-corrected chi connectivity index (χ4v) is 2.15. The summed E-state index contributed by atoms with van der Waals surface area (Å²) in [4.78, 5) is 12.0. The summed E-state index contributed by atoms with van der Waals surface area (Å²) in [7, 11) is 0. The summed E-state index contributed by atoms with van der Waals surface area (Å²) in [6, 6.07) is 1.78. The molecule has 1 aliphatic rings. The lowest BCUT2D eigenvalue weighted by Crippen LogP contribution is -2.41. The van der Waals surface area contributed by atoms with Crippen LogP contribution in [0.25, 0.3) is 0 Å². The number of hydrogen-bond donors (Lipinski definition) is 1. The van der Waals surface area contributed by atoms with Crippen molar-refractivity contribution in [1.29, 1.82) is 0 Å². The molecule has 0 aromatic carbocycles. The Morgan fingerprint density at radius 3 is 3.24 bits per heavy atom. The summed E-state index contributed by atoms with van der Waals surface area (Å²) in [6.45, 7) is 5.45. The Bertz CT molecular complexity index is 383. The van der Waals surface area contributed by atoms with Gasteiger partial charge in [0.1, 0.15) is 5.69 Å². The first-order valence-electron chi connectivity index (χ1n) is 6.16. The van der Waals surface area contributed by atoms with Crippen LogP contribution in [0.1, 0.15) is 37.2 Å². The summed E-state index contributed by atoms with van der Waals surface area (Å²) in [5.74, 6) is -0.0765. The highest BCUT2D eigenvalue weighted by atomic mass is 16.5. The Hall–Kier alpha value is -1.36. The molecule has 0 spiro atoms. The normalized spacial score (nSPS) is 21.4. The number of hydrogen-bond acceptors (Lipinski definition) is 3. The third-order valence-electron chi connectivity index (χ3n) is 3.13. The molecule has 2 heterocycles. The van der Waals surface area contributed by atoms with Crippen molar-refractivity contribution < 1.29 is 9.53 Å². The van der Waals surface area contributed by atoms with Crippen molar-refractivity contribution >= 4 is 5.91 Å². The Kier molecular flexibility index (Phi) is 3.78. The van der Waals surface area contributed by atoms with Crippen LogP contribution >= 0.6 is 0 Å². The van der Waals surface area contributed by atoms with E-state index in [-0.39, 0.29) is 18.1 Å². The molecule has 0 unspecified atom stereocenters. The van der Waals surface area contributed by atoms with Gasteiger partial charge in [-0.25, -0.2) is 0 Å². The first-order chi connectivity index (χ1) is 8.22. The van der Waals surface area contributed by atoms with Crippen molar-refractivity contribution in [3.05, 3.63) is 18.0 Å². The summed E-state index contributed by atoms with van der Waals surface area (Å²) >= 11 is 0. The second-order valence-corrected chi connectivity index (χ2v) is 4.35. The van der Waals surface area contributed by atoms with Gasteiger partial charge in [0.05, 0.1) is 12.1 Å². The van der Waals surface area contributed by atoms with E-state index in [1.54, 1.807) is 16.9 Å². The zero-order valence-corrected chi connectivity index (χ0v) is 10.3. The van der Waals surface area contributed by atoms with Crippen LogP contribution in [-0.2, 0) is 11.3 Å². The van der Waals surface area contributed by atoms with Crippen LogP contribution in [0.15, 0.2) is 12.3 Å². The largest absolute Gasteiger partial charge is 0.376 e. The Labute approximate surface area is 101 Å². The average Bonchev–Trinajstić information content (AvgIpc) is 2.99. The van der Waals surface area contributed by atoms with Gasteiger partial charge >= 0.3 is 0 Å². The number of carbonyl (C=O) groups is 1. The Morgan fingerprint density at radius 1 is 1.76 bits per heavy atom. The highest BCUT2D eigenvalue weighted by Gasteiger charge is 2.24. The summed E-state index contributed by atoms with van der Waals surface area (Å²) in [6.07, 6.45) is 3.90. The summed E-state index contributed by atoms with van der Waals surface area (Å²) < 4.78 is 7.24. The van der Waals surface area contributed by atoms with Crippen molar-refractivity contribution in [2.45, 2.75) is 45.4 Å². The fourth-order valence-electron chi connectivity index (χ4n) is 2.15. The van der Waals surface area contributed by atoms with E-state index in [1.165, 1.54) is 0 Å². The molecule has 1 aromatic rings. The molecule has 0 radical (unpaired) electrons. The summed E-state index contributed by atoms with van der Waals surface area (Å²) in [5.41, 5.74) is 0.609. The zero-order chi connectivity index (χ0) is 12.3. The molecule has 1 aromatic heterocycles. The van der Waals surface area contributed by atoms with Gasteiger partial charge in [0.25, 0.3) is 5.91 Å². The number of ether oxygens (including phenoxy) is 1. The van der Waals surface area contributed by atoms with Gasteiger partial charge in [-0.15, -0.1) is 0 Å². The SMILES string of the molecule is CCn1nccc1C(=O)N[C@@H](C)[C@@H]1CCCO1. The lowest BCUT2D eigenvalue weighted by molar-refractivity contribution is 0.0706. The average molecular weight is 237 g/mol.